The molecular weight excluding hydrogens is 513 g/mol. The number of benzene rings is 3. The van der Waals surface area contributed by atoms with Gasteiger partial charge in [0, 0.05) is 22.5 Å². The maximum absolute atomic E-state index is 12.4. The van der Waals surface area contributed by atoms with Crippen LogP contribution in [0.15, 0.2) is 72.8 Å². The van der Waals surface area contributed by atoms with E-state index in [9.17, 15) is 9.59 Å². The van der Waals surface area contributed by atoms with Gasteiger partial charge in [-0.15, -0.1) is 0 Å². The zero-order valence-corrected chi connectivity index (χ0v) is 18.9. The van der Waals surface area contributed by atoms with Crippen LogP contribution in [0.25, 0.3) is 0 Å². The molecule has 0 aromatic heterocycles. The van der Waals surface area contributed by atoms with Gasteiger partial charge >= 0.3 is 0 Å². The molecule has 0 aliphatic heterocycles. The highest BCUT2D eigenvalue weighted by Crippen LogP contribution is 2.21. The molecule has 0 fully saturated rings. The van der Waals surface area contributed by atoms with Crippen LogP contribution in [0.4, 0.5) is 11.4 Å². The first-order valence-electron chi connectivity index (χ1n) is 8.88. The van der Waals surface area contributed by atoms with E-state index in [1.807, 2.05) is 6.07 Å². The van der Waals surface area contributed by atoms with Gasteiger partial charge < -0.3 is 15.4 Å². The SMILES string of the molecule is COc1ccc(C(=O)NC(=S)Nc2cccc(NC(=O)c3ccccc3)c2)cc1I. The molecule has 6 nitrogen and oxygen atoms in total. The summed E-state index contributed by atoms with van der Waals surface area (Å²) in [4.78, 5) is 24.7. The molecule has 0 unspecified atom stereocenters. The first kappa shape index (κ1) is 21.7. The molecule has 3 N–H and O–H groups in total. The van der Waals surface area contributed by atoms with Crippen molar-refractivity contribution in [1.82, 2.24) is 5.32 Å². The van der Waals surface area contributed by atoms with E-state index in [1.54, 1.807) is 73.8 Å². The number of hydrogen-bond donors (Lipinski definition) is 3. The van der Waals surface area contributed by atoms with Crippen LogP contribution in [-0.2, 0) is 0 Å². The van der Waals surface area contributed by atoms with Crippen molar-refractivity contribution >= 4 is 63.1 Å². The summed E-state index contributed by atoms with van der Waals surface area (Å²) < 4.78 is 6.02. The maximum Gasteiger partial charge on any atom is 0.257 e. The van der Waals surface area contributed by atoms with E-state index in [2.05, 4.69) is 38.5 Å². The lowest BCUT2D eigenvalue weighted by Gasteiger charge is -2.12. The molecule has 30 heavy (non-hydrogen) atoms. The Balaban J connectivity index is 1.61. The van der Waals surface area contributed by atoms with Crippen molar-refractivity contribution in [3.63, 3.8) is 0 Å². The summed E-state index contributed by atoms with van der Waals surface area (Å²) in [6.45, 7) is 0. The molecule has 3 aromatic carbocycles. The minimum atomic E-state index is -0.332. The summed E-state index contributed by atoms with van der Waals surface area (Å²) in [6, 6.07) is 21.1. The second kappa shape index (κ2) is 10.2. The predicted molar refractivity (Wildman–Crippen MR) is 130 cm³/mol. The smallest absolute Gasteiger partial charge is 0.257 e. The monoisotopic (exact) mass is 531 g/mol. The van der Waals surface area contributed by atoms with Gasteiger partial charge in [-0.05, 0) is 83.3 Å². The zero-order valence-electron chi connectivity index (χ0n) is 15.9. The molecule has 0 saturated heterocycles. The average molecular weight is 531 g/mol. The molecule has 0 aliphatic carbocycles. The van der Waals surface area contributed by atoms with Gasteiger partial charge in [0.2, 0.25) is 0 Å². The number of nitrogens with one attached hydrogen (secondary N) is 3. The van der Waals surface area contributed by atoms with Crippen LogP contribution in [0.5, 0.6) is 5.75 Å². The lowest BCUT2D eigenvalue weighted by molar-refractivity contribution is 0.0976. The van der Waals surface area contributed by atoms with E-state index in [0.717, 1.165) is 3.57 Å². The van der Waals surface area contributed by atoms with Crippen LogP contribution in [-0.4, -0.2) is 24.0 Å². The molecule has 0 heterocycles. The summed E-state index contributed by atoms with van der Waals surface area (Å²) in [5.74, 6) is 0.154. The Morgan fingerprint density at radius 2 is 1.53 bits per heavy atom. The number of halogens is 1. The number of rotatable bonds is 5. The standard InChI is InChI=1S/C22H18IN3O3S/c1-29-19-11-10-15(12-18(19)23)21(28)26-22(30)25-17-9-5-8-16(13-17)24-20(27)14-6-3-2-4-7-14/h2-13H,1H3,(H,24,27)(H2,25,26,28,30). The lowest BCUT2D eigenvalue weighted by atomic mass is 10.2. The molecule has 0 spiro atoms. The Hall–Kier alpha value is -2.98. The van der Waals surface area contributed by atoms with Gasteiger partial charge in [-0.2, -0.15) is 0 Å². The Kier molecular flexibility index (Phi) is 7.36. The first-order chi connectivity index (χ1) is 14.5. The fraction of sp³-hybridized carbons (Fsp3) is 0.0455. The molecule has 3 aromatic rings. The second-order valence-electron chi connectivity index (χ2n) is 6.16. The minimum absolute atomic E-state index is 0.150. The number of amides is 2. The Bertz CT molecular complexity index is 1090. The Morgan fingerprint density at radius 3 is 2.20 bits per heavy atom. The van der Waals surface area contributed by atoms with Crippen LogP contribution >= 0.6 is 34.8 Å². The van der Waals surface area contributed by atoms with Gasteiger partial charge in [0.1, 0.15) is 5.75 Å². The number of thiocarbonyl (C=S) groups is 1. The van der Waals surface area contributed by atoms with Gasteiger partial charge in [0.15, 0.2) is 5.11 Å². The van der Waals surface area contributed by atoms with Crippen molar-refractivity contribution in [3.8, 4) is 5.75 Å². The zero-order chi connectivity index (χ0) is 21.5. The Labute approximate surface area is 193 Å². The largest absolute Gasteiger partial charge is 0.496 e. The van der Waals surface area contributed by atoms with Gasteiger partial charge in [-0.3, -0.25) is 14.9 Å². The van der Waals surface area contributed by atoms with Crippen LogP contribution in [0.2, 0.25) is 0 Å². The van der Waals surface area contributed by atoms with Gasteiger partial charge in [0.25, 0.3) is 11.8 Å². The Morgan fingerprint density at radius 1 is 0.833 bits per heavy atom. The normalized spacial score (nSPS) is 10.1. The van der Waals surface area contributed by atoms with Crippen molar-refractivity contribution in [2.24, 2.45) is 0 Å². The molecule has 2 amide bonds. The fourth-order valence-electron chi connectivity index (χ4n) is 2.61. The van der Waals surface area contributed by atoms with Crippen molar-refractivity contribution < 1.29 is 14.3 Å². The molecule has 0 saturated carbocycles. The molecule has 3 rings (SSSR count). The summed E-state index contributed by atoms with van der Waals surface area (Å²) in [5, 5.41) is 8.58. The van der Waals surface area contributed by atoms with E-state index in [0.29, 0.717) is 28.3 Å². The topological polar surface area (TPSA) is 79.5 Å². The van der Waals surface area contributed by atoms with Gasteiger partial charge in [-0.25, -0.2) is 0 Å². The molecule has 0 radical (unpaired) electrons. The molecule has 8 heteroatoms. The second-order valence-corrected chi connectivity index (χ2v) is 7.73. The summed E-state index contributed by atoms with van der Waals surface area (Å²) in [7, 11) is 1.58. The van der Waals surface area contributed by atoms with E-state index < -0.39 is 0 Å². The quantitative estimate of drug-likeness (QED) is 0.329. The van der Waals surface area contributed by atoms with Crippen LogP contribution in [0.1, 0.15) is 20.7 Å². The van der Waals surface area contributed by atoms with Gasteiger partial charge in [0.05, 0.1) is 10.7 Å². The van der Waals surface area contributed by atoms with Crippen LogP contribution < -0.4 is 20.7 Å². The van der Waals surface area contributed by atoms with Crippen LogP contribution in [0, 0.1) is 3.57 Å². The molecule has 0 aliphatic rings. The third kappa shape index (κ3) is 5.77. The number of carbonyl (C=O) groups excluding carboxylic acids is 2. The highest BCUT2D eigenvalue weighted by atomic mass is 127. The number of carbonyl (C=O) groups is 2. The number of ether oxygens (including phenoxy) is 1. The first-order valence-corrected chi connectivity index (χ1v) is 10.4. The maximum atomic E-state index is 12.4. The molecular formula is C22H18IN3O3S. The number of methoxy groups -OCH3 is 1. The minimum Gasteiger partial charge on any atom is -0.496 e. The molecule has 152 valence electrons. The summed E-state index contributed by atoms with van der Waals surface area (Å²) in [6.07, 6.45) is 0. The van der Waals surface area contributed by atoms with Crippen molar-refractivity contribution in [3.05, 3.63) is 87.5 Å². The number of hydrogen-bond acceptors (Lipinski definition) is 4. The van der Waals surface area contributed by atoms with Crippen molar-refractivity contribution in [2.45, 2.75) is 0 Å². The summed E-state index contributed by atoms with van der Waals surface area (Å²) >= 11 is 7.35. The van der Waals surface area contributed by atoms with Crippen LogP contribution in [0.3, 0.4) is 0 Å². The van der Waals surface area contributed by atoms with Crippen molar-refractivity contribution in [1.29, 1.82) is 0 Å². The van der Waals surface area contributed by atoms with E-state index >= 15 is 0 Å². The third-order valence-corrected chi connectivity index (χ3v) is 5.10. The van der Waals surface area contributed by atoms with E-state index in [4.69, 9.17) is 17.0 Å². The highest BCUT2D eigenvalue weighted by molar-refractivity contribution is 14.1. The fourth-order valence-corrected chi connectivity index (χ4v) is 3.56. The predicted octanol–water partition coefficient (Wildman–Crippen LogP) is 4.68. The van der Waals surface area contributed by atoms with Crippen molar-refractivity contribution in [2.75, 3.05) is 17.7 Å². The molecule has 0 bridgehead atoms. The number of anilines is 2. The molecule has 0 atom stereocenters. The van der Waals surface area contributed by atoms with E-state index in [1.165, 1.54) is 0 Å². The lowest BCUT2D eigenvalue weighted by Crippen LogP contribution is -2.34. The van der Waals surface area contributed by atoms with E-state index in [-0.39, 0.29) is 16.9 Å². The average Bonchev–Trinajstić information content (AvgIpc) is 2.74. The summed E-state index contributed by atoms with van der Waals surface area (Å²) in [5.41, 5.74) is 2.27. The highest BCUT2D eigenvalue weighted by Gasteiger charge is 2.11. The third-order valence-electron chi connectivity index (χ3n) is 4.06. The van der Waals surface area contributed by atoms with Gasteiger partial charge in [-0.1, -0.05) is 24.3 Å².